The van der Waals surface area contributed by atoms with Crippen molar-refractivity contribution in [3.05, 3.63) is 113 Å². The molecule has 3 aromatic rings. The Morgan fingerprint density at radius 3 is 1.81 bits per heavy atom. The average Bonchev–Trinajstić information content (AvgIpc) is 2.75. The number of ether oxygens (including phenoxy) is 1. The minimum Gasteiger partial charge on any atom is -0.495 e. The van der Waals surface area contributed by atoms with Crippen LogP contribution in [0.15, 0.2) is 96.8 Å². The predicted molar refractivity (Wildman–Crippen MR) is 111 cm³/mol. The van der Waals surface area contributed by atoms with Crippen molar-refractivity contribution in [3.8, 4) is 0 Å². The van der Waals surface area contributed by atoms with E-state index < -0.39 is 0 Å². The Bertz CT molecular complexity index is 945. The third-order valence-electron chi connectivity index (χ3n) is 5.33. The van der Waals surface area contributed by atoms with Gasteiger partial charge in [-0.1, -0.05) is 91.0 Å². The molecular weight excluding hydrogens is 330 g/mol. The first kappa shape index (κ1) is 17.3. The molecule has 0 amide bonds. The van der Waals surface area contributed by atoms with Crippen molar-refractivity contribution < 1.29 is 4.74 Å². The number of hydrogen-bond donors (Lipinski definition) is 1. The zero-order chi connectivity index (χ0) is 18.6. The Hall–Kier alpha value is -3.13. The van der Waals surface area contributed by atoms with Crippen LogP contribution in [0.3, 0.4) is 0 Å². The van der Waals surface area contributed by atoms with Crippen LogP contribution in [0.5, 0.6) is 0 Å². The number of rotatable bonds is 4. The van der Waals surface area contributed by atoms with Crippen LogP contribution in [-0.4, -0.2) is 12.8 Å². The molecule has 2 heteroatoms. The minimum atomic E-state index is 0.139. The van der Waals surface area contributed by atoms with Crippen LogP contribution < -0.4 is 0 Å². The Kier molecular flexibility index (Phi) is 4.88. The summed E-state index contributed by atoms with van der Waals surface area (Å²) in [7, 11) is 1.68. The number of nitrogens with one attached hydrogen (secondary N) is 1. The Labute approximate surface area is 160 Å². The van der Waals surface area contributed by atoms with Gasteiger partial charge in [-0.3, -0.25) is 0 Å². The summed E-state index contributed by atoms with van der Waals surface area (Å²) in [5, 5.41) is 8.67. The normalized spacial score (nSPS) is 19.8. The smallest absolute Gasteiger partial charge is 0.144 e. The topological polar surface area (TPSA) is 33.1 Å². The molecule has 0 spiro atoms. The first-order valence-corrected chi connectivity index (χ1v) is 9.31. The van der Waals surface area contributed by atoms with Crippen LogP contribution in [-0.2, 0) is 4.74 Å². The van der Waals surface area contributed by atoms with E-state index in [1.54, 1.807) is 7.11 Å². The lowest BCUT2D eigenvalue weighted by Gasteiger charge is -2.36. The van der Waals surface area contributed by atoms with E-state index in [-0.39, 0.29) is 11.8 Å². The van der Waals surface area contributed by atoms with Gasteiger partial charge in [-0.15, -0.1) is 0 Å². The van der Waals surface area contributed by atoms with Gasteiger partial charge in [-0.05, 0) is 16.7 Å². The van der Waals surface area contributed by atoms with Gasteiger partial charge in [0, 0.05) is 23.8 Å². The maximum absolute atomic E-state index is 8.67. The summed E-state index contributed by atoms with van der Waals surface area (Å²) in [6.07, 6.45) is 0.670. The standard InChI is InChI=1S/C25H23NO/c1-27-25-22(26)17-21(18-11-5-2-6-12-18)23(19-13-7-3-8-14-19)24(25)20-15-9-4-10-16-20/h2-16,21,23,26H,17H2,1H3. The lowest BCUT2D eigenvalue weighted by molar-refractivity contribution is 0.308. The van der Waals surface area contributed by atoms with Gasteiger partial charge in [0.15, 0.2) is 0 Å². The van der Waals surface area contributed by atoms with Crippen LogP contribution in [0.25, 0.3) is 5.57 Å². The minimum absolute atomic E-state index is 0.139. The van der Waals surface area contributed by atoms with Crippen LogP contribution in [0.2, 0.25) is 0 Å². The molecule has 0 saturated carbocycles. The van der Waals surface area contributed by atoms with Crippen molar-refractivity contribution in [2.45, 2.75) is 18.3 Å². The third kappa shape index (κ3) is 3.31. The van der Waals surface area contributed by atoms with E-state index in [4.69, 9.17) is 10.1 Å². The highest BCUT2D eigenvalue weighted by Crippen LogP contribution is 2.49. The van der Waals surface area contributed by atoms with Gasteiger partial charge in [-0.25, -0.2) is 0 Å². The van der Waals surface area contributed by atoms with Crippen LogP contribution in [0.4, 0.5) is 0 Å². The summed E-state index contributed by atoms with van der Waals surface area (Å²) in [6.45, 7) is 0. The molecule has 134 valence electrons. The van der Waals surface area contributed by atoms with E-state index in [0.29, 0.717) is 17.9 Å². The Morgan fingerprint density at radius 1 is 0.741 bits per heavy atom. The van der Waals surface area contributed by atoms with E-state index >= 15 is 0 Å². The van der Waals surface area contributed by atoms with Gasteiger partial charge >= 0.3 is 0 Å². The first-order chi connectivity index (χ1) is 13.3. The maximum atomic E-state index is 8.67. The van der Waals surface area contributed by atoms with E-state index in [0.717, 1.165) is 11.1 Å². The quantitative estimate of drug-likeness (QED) is 0.610. The zero-order valence-corrected chi connectivity index (χ0v) is 15.4. The number of methoxy groups -OCH3 is 1. The highest BCUT2D eigenvalue weighted by Gasteiger charge is 2.37. The summed E-state index contributed by atoms with van der Waals surface area (Å²) >= 11 is 0. The van der Waals surface area contributed by atoms with Crippen molar-refractivity contribution in [1.82, 2.24) is 0 Å². The molecule has 1 aliphatic rings. The van der Waals surface area contributed by atoms with Gasteiger partial charge in [0.25, 0.3) is 0 Å². The largest absolute Gasteiger partial charge is 0.495 e. The van der Waals surface area contributed by atoms with Gasteiger partial charge in [0.2, 0.25) is 0 Å². The number of hydrogen-bond acceptors (Lipinski definition) is 2. The van der Waals surface area contributed by atoms with Crippen LogP contribution in [0, 0.1) is 5.41 Å². The molecule has 1 aliphatic carbocycles. The van der Waals surface area contributed by atoms with E-state index in [1.165, 1.54) is 11.1 Å². The van der Waals surface area contributed by atoms with Crippen molar-refractivity contribution in [1.29, 1.82) is 5.41 Å². The molecular formula is C25H23NO. The molecule has 0 radical (unpaired) electrons. The molecule has 0 bridgehead atoms. The van der Waals surface area contributed by atoms with Crippen LogP contribution in [0.1, 0.15) is 34.9 Å². The van der Waals surface area contributed by atoms with E-state index in [2.05, 4.69) is 66.7 Å². The fraction of sp³-hybridized carbons (Fsp3) is 0.160. The van der Waals surface area contributed by atoms with Crippen molar-refractivity contribution in [2.75, 3.05) is 7.11 Å². The molecule has 2 nitrogen and oxygen atoms in total. The van der Waals surface area contributed by atoms with Crippen LogP contribution >= 0.6 is 0 Å². The van der Waals surface area contributed by atoms with Gasteiger partial charge in [0.05, 0.1) is 12.8 Å². The molecule has 0 fully saturated rings. The van der Waals surface area contributed by atoms with Gasteiger partial charge < -0.3 is 10.1 Å². The monoisotopic (exact) mass is 353 g/mol. The Balaban J connectivity index is 1.96. The molecule has 4 rings (SSSR count). The second kappa shape index (κ2) is 7.63. The SMILES string of the molecule is COC1=C(c2ccccc2)C(c2ccccc2)C(c2ccccc2)CC1=N. The molecule has 0 aliphatic heterocycles. The fourth-order valence-electron chi connectivity index (χ4n) is 4.17. The highest BCUT2D eigenvalue weighted by molar-refractivity contribution is 6.06. The maximum Gasteiger partial charge on any atom is 0.144 e. The summed E-state index contributed by atoms with van der Waals surface area (Å²) < 4.78 is 5.76. The number of allylic oxidation sites excluding steroid dienone is 2. The molecule has 2 unspecified atom stereocenters. The van der Waals surface area contributed by atoms with Gasteiger partial charge in [-0.2, -0.15) is 0 Å². The third-order valence-corrected chi connectivity index (χ3v) is 5.33. The summed E-state index contributed by atoms with van der Waals surface area (Å²) in [6, 6.07) is 31.5. The molecule has 0 saturated heterocycles. The summed E-state index contributed by atoms with van der Waals surface area (Å²) in [4.78, 5) is 0. The van der Waals surface area contributed by atoms with Crippen molar-refractivity contribution in [3.63, 3.8) is 0 Å². The molecule has 1 N–H and O–H groups in total. The molecule has 0 aromatic heterocycles. The first-order valence-electron chi connectivity index (χ1n) is 9.31. The second-order valence-corrected chi connectivity index (χ2v) is 6.90. The molecule has 27 heavy (non-hydrogen) atoms. The molecule has 0 heterocycles. The molecule has 2 atom stereocenters. The average molecular weight is 353 g/mol. The van der Waals surface area contributed by atoms with E-state index in [1.807, 2.05) is 24.3 Å². The number of benzene rings is 3. The van der Waals surface area contributed by atoms with Gasteiger partial charge in [0.1, 0.15) is 5.76 Å². The zero-order valence-electron chi connectivity index (χ0n) is 15.4. The van der Waals surface area contributed by atoms with E-state index in [9.17, 15) is 0 Å². The highest BCUT2D eigenvalue weighted by atomic mass is 16.5. The predicted octanol–water partition coefficient (Wildman–Crippen LogP) is 6.04. The lowest BCUT2D eigenvalue weighted by Crippen LogP contribution is -2.26. The molecule has 3 aromatic carbocycles. The van der Waals surface area contributed by atoms with Crippen molar-refractivity contribution >= 4 is 11.3 Å². The summed E-state index contributed by atoms with van der Waals surface area (Å²) in [5.74, 6) is 1.05. The van der Waals surface area contributed by atoms with Crippen molar-refractivity contribution in [2.24, 2.45) is 0 Å². The lowest BCUT2D eigenvalue weighted by atomic mass is 9.68. The Morgan fingerprint density at radius 2 is 1.26 bits per heavy atom. The second-order valence-electron chi connectivity index (χ2n) is 6.90. The fourth-order valence-corrected chi connectivity index (χ4v) is 4.17. The summed E-state index contributed by atoms with van der Waals surface area (Å²) in [5.41, 5.74) is 5.31.